The number of nitrogens with zero attached hydrogens (tertiary/aromatic N) is 2. The van der Waals surface area contributed by atoms with E-state index < -0.39 is 0 Å². The molecule has 5 heteroatoms. The fourth-order valence-electron chi connectivity index (χ4n) is 2.59. The zero-order chi connectivity index (χ0) is 13.4. The van der Waals surface area contributed by atoms with Gasteiger partial charge in [0, 0.05) is 12.6 Å². The van der Waals surface area contributed by atoms with Crippen LogP contribution < -0.4 is 10.6 Å². The first kappa shape index (κ1) is 12.0. The molecule has 2 heterocycles. The lowest BCUT2D eigenvalue weighted by molar-refractivity contribution is -0.122. The molecule has 100 valence electrons. The van der Waals surface area contributed by atoms with E-state index >= 15 is 0 Å². The highest BCUT2D eigenvalue weighted by Crippen LogP contribution is 2.29. The summed E-state index contributed by atoms with van der Waals surface area (Å²) in [6.07, 6.45) is 1.76. The number of piperidine rings is 1. The zero-order valence-corrected chi connectivity index (χ0v) is 10.9. The Bertz CT molecular complexity index is 575. The Hall–Kier alpha value is -2.04. The molecular weight excluding hydrogens is 242 g/mol. The minimum atomic E-state index is -0.243. The highest BCUT2D eigenvalue weighted by molar-refractivity contribution is 5.78. The zero-order valence-electron chi connectivity index (χ0n) is 10.9. The molecule has 1 amide bonds. The Balaban J connectivity index is 1.92. The Morgan fingerprint density at radius 2 is 2.21 bits per heavy atom. The first-order chi connectivity index (χ1) is 9.15. The third-order valence-electron chi connectivity index (χ3n) is 3.81. The third-order valence-corrected chi connectivity index (χ3v) is 3.81. The summed E-state index contributed by atoms with van der Waals surface area (Å²) < 4.78 is 5.77. The molecule has 1 aliphatic heterocycles. The van der Waals surface area contributed by atoms with Gasteiger partial charge in [-0.25, -0.2) is 0 Å². The van der Waals surface area contributed by atoms with E-state index in [1.54, 1.807) is 0 Å². The van der Waals surface area contributed by atoms with Crippen LogP contribution in [0.1, 0.15) is 19.8 Å². The van der Waals surface area contributed by atoms with E-state index in [-0.39, 0.29) is 11.8 Å². The molecule has 1 aliphatic rings. The lowest BCUT2D eigenvalue weighted by atomic mass is 9.93. The van der Waals surface area contributed by atoms with E-state index in [0.29, 0.717) is 18.6 Å². The van der Waals surface area contributed by atoms with Gasteiger partial charge in [-0.3, -0.25) is 4.79 Å². The number of aromatic nitrogens is 1. The molecule has 0 bridgehead atoms. The minimum absolute atomic E-state index is 0.119. The van der Waals surface area contributed by atoms with E-state index in [1.807, 2.05) is 29.2 Å². The van der Waals surface area contributed by atoms with E-state index in [2.05, 4.69) is 11.9 Å². The second-order valence-corrected chi connectivity index (χ2v) is 5.14. The summed E-state index contributed by atoms with van der Waals surface area (Å²) in [5, 5.41) is 0. The van der Waals surface area contributed by atoms with Gasteiger partial charge in [0.15, 0.2) is 5.58 Å². The van der Waals surface area contributed by atoms with Crippen LogP contribution in [0.15, 0.2) is 28.7 Å². The largest absolute Gasteiger partial charge is 0.423 e. The highest BCUT2D eigenvalue weighted by Gasteiger charge is 2.31. The molecule has 2 atom stereocenters. The van der Waals surface area contributed by atoms with Gasteiger partial charge >= 0.3 is 0 Å². The number of hydrogen-bond donors (Lipinski definition) is 1. The molecule has 1 aromatic carbocycles. The van der Waals surface area contributed by atoms with Gasteiger partial charge in [0.05, 0.1) is 5.92 Å². The minimum Gasteiger partial charge on any atom is -0.423 e. The van der Waals surface area contributed by atoms with Gasteiger partial charge < -0.3 is 15.1 Å². The maximum Gasteiger partial charge on any atom is 0.298 e. The fourth-order valence-corrected chi connectivity index (χ4v) is 2.59. The summed E-state index contributed by atoms with van der Waals surface area (Å²) in [6, 6.07) is 8.56. The van der Waals surface area contributed by atoms with Crippen LogP contribution in [0.2, 0.25) is 0 Å². The van der Waals surface area contributed by atoms with Gasteiger partial charge in [-0.05, 0) is 31.9 Å². The summed E-state index contributed by atoms with van der Waals surface area (Å²) in [4.78, 5) is 17.9. The highest BCUT2D eigenvalue weighted by atomic mass is 16.4. The second kappa shape index (κ2) is 4.57. The van der Waals surface area contributed by atoms with Gasteiger partial charge in [0.1, 0.15) is 5.52 Å². The molecule has 1 saturated heterocycles. The Morgan fingerprint density at radius 3 is 2.95 bits per heavy atom. The first-order valence-electron chi connectivity index (χ1n) is 6.56. The van der Waals surface area contributed by atoms with Gasteiger partial charge in [0.25, 0.3) is 6.01 Å². The summed E-state index contributed by atoms with van der Waals surface area (Å²) >= 11 is 0. The van der Waals surface area contributed by atoms with Crippen molar-refractivity contribution in [3.05, 3.63) is 24.3 Å². The molecule has 5 nitrogen and oxygen atoms in total. The smallest absolute Gasteiger partial charge is 0.298 e. The quantitative estimate of drug-likeness (QED) is 0.894. The van der Waals surface area contributed by atoms with Crippen LogP contribution in [0.25, 0.3) is 11.1 Å². The molecule has 2 aromatic rings. The van der Waals surface area contributed by atoms with Crippen LogP contribution in [0, 0.1) is 5.92 Å². The predicted molar refractivity (Wildman–Crippen MR) is 72.7 cm³/mol. The molecule has 0 spiro atoms. The van der Waals surface area contributed by atoms with Gasteiger partial charge in [0.2, 0.25) is 5.91 Å². The molecule has 1 aromatic heterocycles. The Kier molecular flexibility index (Phi) is 2.89. The van der Waals surface area contributed by atoms with Crippen LogP contribution >= 0.6 is 0 Å². The molecule has 19 heavy (non-hydrogen) atoms. The number of fused-ring (bicyclic) bond motifs is 1. The van der Waals surface area contributed by atoms with Crippen LogP contribution in [0.4, 0.5) is 6.01 Å². The summed E-state index contributed by atoms with van der Waals surface area (Å²) in [7, 11) is 0. The van der Waals surface area contributed by atoms with Crippen molar-refractivity contribution < 1.29 is 9.21 Å². The number of anilines is 1. The maximum absolute atomic E-state index is 11.4. The molecule has 0 radical (unpaired) electrons. The Morgan fingerprint density at radius 1 is 1.42 bits per heavy atom. The standard InChI is InChI=1S/C14H17N3O2/c1-9-6-7-10(13(15)18)8-17(9)14-16-11-4-2-3-5-12(11)19-14/h2-5,9-10H,6-8H2,1H3,(H2,15,18)/t9-,10+/m0/s1. The van der Waals surface area contributed by atoms with Gasteiger partial charge in [-0.15, -0.1) is 0 Å². The van der Waals surface area contributed by atoms with Crippen molar-refractivity contribution in [3.63, 3.8) is 0 Å². The lowest BCUT2D eigenvalue weighted by Gasteiger charge is -2.35. The topological polar surface area (TPSA) is 72.4 Å². The van der Waals surface area contributed by atoms with Crippen molar-refractivity contribution in [2.45, 2.75) is 25.8 Å². The number of rotatable bonds is 2. The number of amides is 1. The molecule has 2 N–H and O–H groups in total. The number of benzene rings is 1. The van der Waals surface area contributed by atoms with Gasteiger partial charge in [-0.2, -0.15) is 4.98 Å². The average molecular weight is 259 g/mol. The lowest BCUT2D eigenvalue weighted by Crippen LogP contribution is -2.46. The SMILES string of the molecule is C[C@H]1CC[C@@H](C(N)=O)CN1c1nc2ccccc2o1. The molecule has 0 unspecified atom stereocenters. The maximum atomic E-state index is 11.4. The fraction of sp³-hybridized carbons (Fsp3) is 0.429. The van der Waals surface area contributed by atoms with Crippen LogP contribution in [0.5, 0.6) is 0 Å². The van der Waals surface area contributed by atoms with Crippen molar-refractivity contribution in [3.8, 4) is 0 Å². The molecule has 0 aliphatic carbocycles. The van der Waals surface area contributed by atoms with E-state index in [9.17, 15) is 4.79 Å². The van der Waals surface area contributed by atoms with Crippen LogP contribution in [0.3, 0.4) is 0 Å². The van der Waals surface area contributed by atoms with E-state index in [1.165, 1.54) is 0 Å². The number of para-hydroxylation sites is 2. The van der Waals surface area contributed by atoms with E-state index in [4.69, 9.17) is 10.2 Å². The third kappa shape index (κ3) is 2.16. The summed E-state index contributed by atoms with van der Waals surface area (Å²) in [5.74, 6) is -0.362. The van der Waals surface area contributed by atoms with Crippen LogP contribution in [-0.2, 0) is 4.79 Å². The number of hydrogen-bond acceptors (Lipinski definition) is 4. The van der Waals surface area contributed by atoms with Crippen molar-refractivity contribution in [1.29, 1.82) is 0 Å². The van der Waals surface area contributed by atoms with Crippen molar-refractivity contribution >= 4 is 23.0 Å². The predicted octanol–water partition coefficient (Wildman–Crippen LogP) is 1.92. The average Bonchev–Trinajstić information content (AvgIpc) is 2.82. The van der Waals surface area contributed by atoms with Crippen molar-refractivity contribution in [2.75, 3.05) is 11.4 Å². The number of carbonyl (C=O) groups is 1. The first-order valence-corrected chi connectivity index (χ1v) is 6.56. The molecule has 3 rings (SSSR count). The Labute approximate surface area is 111 Å². The van der Waals surface area contributed by atoms with Gasteiger partial charge in [-0.1, -0.05) is 12.1 Å². The molecule has 0 saturated carbocycles. The summed E-state index contributed by atoms with van der Waals surface area (Å²) in [5.41, 5.74) is 7.02. The normalized spacial score (nSPS) is 23.7. The number of oxazole rings is 1. The molecular formula is C14H17N3O2. The number of nitrogens with two attached hydrogens (primary N) is 1. The van der Waals surface area contributed by atoms with E-state index in [0.717, 1.165) is 23.9 Å². The van der Waals surface area contributed by atoms with Crippen LogP contribution in [-0.4, -0.2) is 23.5 Å². The monoisotopic (exact) mass is 259 g/mol. The van der Waals surface area contributed by atoms with Crippen molar-refractivity contribution in [1.82, 2.24) is 4.98 Å². The second-order valence-electron chi connectivity index (χ2n) is 5.14. The number of primary amides is 1. The molecule has 1 fully saturated rings. The summed E-state index contributed by atoms with van der Waals surface area (Å²) in [6.45, 7) is 2.70. The van der Waals surface area contributed by atoms with Crippen molar-refractivity contribution in [2.24, 2.45) is 11.7 Å². The number of carbonyl (C=O) groups excluding carboxylic acids is 1.